The molecule has 0 aliphatic carbocycles. The fourth-order valence-corrected chi connectivity index (χ4v) is 4.11. The first-order chi connectivity index (χ1) is 16.5. The molecular weight excluding hydrogens is 430 g/mol. The summed E-state index contributed by atoms with van der Waals surface area (Å²) >= 11 is 0. The molecule has 0 saturated heterocycles. The summed E-state index contributed by atoms with van der Waals surface area (Å²) in [5.74, 6) is 1.51. The lowest BCUT2D eigenvalue weighted by Crippen LogP contribution is -2.37. The van der Waals surface area contributed by atoms with Gasteiger partial charge in [-0.25, -0.2) is 4.98 Å². The Morgan fingerprint density at radius 1 is 0.971 bits per heavy atom. The van der Waals surface area contributed by atoms with E-state index in [-0.39, 0.29) is 11.5 Å². The zero-order chi connectivity index (χ0) is 24.2. The first kappa shape index (κ1) is 23.0. The summed E-state index contributed by atoms with van der Waals surface area (Å²) < 4.78 is 12.3. The van der Waals surface area contributed by atoms with E-state index in [1.807, 2.05) is 44.2 Å². The van der Waals surface area contributed by atoms with Gasteiger partial charge in [0.1, 0.15) is 17.3 Å². The number of amides is 1. The summed E-state index contributed by atoms with van der Waals surface area (Å²) in [6.07, 6.45) is 0. The fraction of sp³-hybridized carbons (Fsp3) is 0.222. The molecule has 174 valence electrons. The van der Waals surface area contributed by atoms with Gasteiger partial charge in [0.2, 0.25) is 0 Å². The Bertz CT molecular complexity index is 1380. The zero-order valence-corrected chi connectivity index (χ0v) is 19.7. The molecule has 7 heteroatoms. The molecule has 0 bridgehead atoms. The number of nitrogens with zero attached hydrogens (tertiary/aromatic N) is 3. The van der Waals surface area contributed by atoms with Crippen LogP contribution in [0.3, 0.4) is 0 Å². The monoisotopic (exact) mass is 457 g/mol. The van der Waals surface area contributed by atoms with Crippen molar-refractivity contribution in [3.63, 3.8) is 0 Å². The van der Waals surface area contributed by atoms with Crippen LogP contribution in [0.5, 0.6) is 11.5 Å². The minimum atomic E-state index is -0.498. The smallest absolute Gasteiger partial charge is 0.266 e. The van der Waals surface area contributed by atoms with Gasteiger partial charge in [0, 0.05) is 12.1 Å². The van der Waals surface area contributed by atoms with E-state index in [0.29, 0.717) is 46.0 Å². The van der Waals surface area contributed by atoms with Crippen molar-refractivity contribution in [1.82, 2.24) is 14.5 Å². The third-order valence-corrected chi connectivity index (χ3v) is 5.91. The number of hydrogen-bond donors (Lipinski definition) is 0. The highest BCUT2D eigenvalue weighted by molar-refractivity contribution is 5.94. The van der Waals surface area contributed by atoms with Gasteiger partial charge in [-0.2, -0.15) is 0 Å². The lowest BCUT2D eigenvalue weighted by atomic mass is 10.1. The molecule has 1 amide bonds. The van der Waals surface area contributed by atoms with E-state index in [4.69, 9.17) is 14.5 Å². The number of carbonyl (C=O) groups excluding carboxylic acids is 1. The lowest BCUT2D eigenvalue weighted by Gasteiger charge is -2.30. The largest absolute Gasteiger partial charge is 0.497 e. The van der Waals surface area contributed by atoms with Crippen LogP contribution in [0.15, 0.2) is 77.6 Å². The van der Waals surface area contributed by atoms with Crippen LogP contribution < -0.4 is 15.0 Å². The summed E-state index contributed by atoms with van der Waals surface area (Å²) in [7, 11) is 3.15. The lowest BCUT2D eigenvalue weighted by molar-refractivity contribution is 0.0693. The van der Waals surface area contributed by atoms with Crippen LogP contribution in [0.2, 0.25) is 0 Å². The normalized spacial score (nSPS) is 11.8. The topological polar surface area (TPSA) is 73.7 Å². The van der Waals surface area contributed by atoms with Crippen molar-refractivity contribution in [1.29, 1.82) is 0 Å². The average Bonchev–Trinajstić information content (AvgIpc) is 2.89. The second-order valence-electron chi connectivity index (χ2n) is 7.80. The SMILES string of the molecule is CCN(C(=O)c1ccc(OC)cc1)C(C)c1nc2ccccc2c(=O)n1-c1ccccc1OC. The van der Waals surface area contributed by atoms with Gasteiger partial charge in [-0.3, -0.25) is 14.2 Å². The number of para-hydroxylation sites is 3. The zero-order valence-electron chi connectivity index (χ0n) is 19.7. The summed E-state index contributed by atoms with van der Waals surface area (Å²) in [6, 6.07) is 21.0. The molecule has 1 unspecified atom stereocenters. The molecule has 0 N–H and O–H groups in total. The van der Waals surface area contributed by atoms with Gasteiger partial charge in [0.05, 0.1) is 36.9 Å². The van der Waals surface area contributed by atoms with Crippen LogP contribution in [0.4, 0.5) is 0 Å². The molecule has 0 fully saturated rings. The van der Waals surface area contributed by atoms with E-state index in [1.54, 1.807) is 66.2 Å². The molecule has 0 aliphatic rings. The van der Waals surface area contributed by atoms with Gasteiger partial charge in [-0.05, 0) is 62.4 Å². The van der Waals surface area contributed by atoms with Gasteiger partial charge < -0.3 is 14.4 Å². The summed E-state index contributed by atoms with van der Waals surface area (Å²) in [5, 5.41) is 0.494. The van der Waals surface area contributed by atoms with E-state index in [2.05, 4.69) is 0 Å². The molecule has 7 nitrogen and oxygen atoms in total. The summed E-state index contributed by atoms with van der Waals surface area (Å²) in [6.45, 7) is 4.22. The number of hydrogen-bond acceptors (Lipinski definition) is 5. The van der Waals surface area contributed by atoms with E-state index >= 15 is 0 Å². The maximum Gasteiger partial charge on any atom is 0.266 e. The van der Waals surface area contributed by atoms with Gasteiger partial charge in [-0.15, -0.1) is 0 Å². The number of ether oxygens (including phenoxy) is 2. The Kier molecular flexibility index (Phi) is 6.63. The Labute approximate surface area is 198 Å². The van der Waals surface area contributed by atoms with Crippen LogP contribution in [0, 0.1) is 0 Å². The molecule has 3 aromatic carbocycles. The number of aromatic nitrogens is 2. The van der Waals surface area contributed by atoms with Crippen LogP contribution >= 0.6 is 0 Å². The van der Waals surface area contributed by atoms with Crippen LogP contribution in [-0.2, 0) is 0 Å². The molecule has 4 aromatic rings. The van der Waals surface area contributed by atoms with Crippen molar-refractivity contribution in [3.05, 3.63) is 94.5 Å². The van der Waals surface area contributed by atoms with Crippen molar-refractivity contribution in [2.45, 2.75) is 19.9 Å². The number of rotatable bonds is 7. The first-order valence-electron chi connectivity index (χ1n) is 11.1. The molecule has 1 heterocycles. The second kappa shape index (κ2) is 9.79. The molecule has 0 spiro atoms. The Morgan fingerprint density at radius 3 is 2.32 bits per heavy atom. The molecule has 34 heavy (non-hydrogen) atoms. The Balaban J connectivity index is 1.89. The van der Waals surface area contributed by atoms with Crippen LogP contribution in [0.1, 0.15) is 36.1 Å². The number of fused-ring (bicyclic) bond motifs is 1. The molecule has 0 radical (unpaired) electrons. The minimum absolute atomic E-state index is 0.161. The van der Waals surface area contributed by atoms with Crippen molar-refractivity contribution < 1.29 is 14.3 Å². The van der Waals surface area contributed by atoms with Crippen molar-refractivity contribution in [3.8, 4) is 17.2 Å². The molecule has 1 aromatic heterocycles. The number of carbonyl (C=O) groups is 1. The molecule has 4 rings (SSSR count). The number of methoxy groups -OCH3 is 2. The summed E-state index contributed by atoms with van der Waals surface area (Å²) in [4.78, 5) is 33.7. The Hall–Kier alpha value is -4.13. The van der Waals surface area contributed by atoms with Gasteiger partial charge in [0.15, 0.2) is 0 Å². The predicted molar refractivity (Wildman–Crippen MR) is 132 cm³/mol. The molecular formula is C27H27N3O4. The molecule has 0 saturated carbocycles. The highest BCUT2D eigenvalue weighted by atomic mass is 16.5. The third-order valence-electron chi connectivity index (χ3n) is 5.91. The summed E-state index contributed by atoms with van der Waals surface area (Å²) in [5.41, 5.74) is 1.46. The van der Waals surface area contributed by atoms with Crippen LogP contribution in [0.25, 0.3) is 16.6 Å². The predicted octanol–water partition coefficient (Wildman–Crippen LogP) is 4.63. The van der Waals surface area contributed by atoms with Gasteiger partial charge in [-0.1, -0.05) is 24.3 Å². The Morgan fingerprint density at radius 2 is 1.65 bits per heavy atom. The van der Waals surface area contributed by atoms with E-state index in [0.717, 1.165) is 0 Å². The number of benzene rings is 3. The van der Waals surface area contributed by atoms with E-state index in [1.165, 1.54) is 0 Å². The second-order valence-corrected chi connectivity index (χ2v) is 7.80. The highest BCUT2D eigenvalue weighted by Gasteiger charge is 2.27. The maximum atomic E-state index is 13.7. The third kappa shape index (κ3) is 4.12. The van der Waals surface area contributed by atoms with Crippen LogP contribution in [-0.4, -0.2) is 41.1 Å². The first-order valence-corrected chi connectivity index (χ1v) is 11.1. The van der Waals surface area contributed by atoms with Crippen molar-refractivity contribution in [2.75, 3.05) is 20.8 Å². The van der Waals surface area contributed by atoms with E-state index < -0.39 is 6.04 Å². The molecule has 1 atom stereocenters. The van der Waals surface area contributed by atoms with Crippen molar-refractivity contribution in [2.24, 2.45) is 0 Å². The highest BCUT2D eigenvalue weighted by Crippen LogP contribution is 2.28. The quantitative estimate of drug-likeness (QED) is 0.405. The fourth-order valence-electron chi connectivity index (χ4n) is 4.11. The van der Waals surface area contributed by atoms with Gasteiger partial charge >= 0.3 is 0 Å². The van der Waals surface area contributed by atoms with Crippen molar-refractivity contribution >= 4 is 16.8 Å². The standard InChI is InChI=1S/C27H27N3O4/c1-5-29(26(31)19-14-16-20(33-3)17-15-19)18(2)25-28-22-11-7-6-10-21(22)27(32)30(25)23-12-8-9-13-24(23)34-4/h6-18H,5H2,1-4H3. The van der Waals surface area contributed by atoms with E-state index in [9.17, 15) is 9.59 Å². The van der Waals surface area contributed by atoms with Gasteiger partial charge in [0.25, 0.3) is 11.5 Å². The average molecular weight is 458 g/mol. The maximum absolute atomic E-state index is 13.7. The molecule has 0 aliphatic heterocycles. The minimum Gasteiger partial charge on any atom is -0.497 e.